The molecule has 1 saturated heterocycles. The number of morpholine rings is 1. The minimum atomic E-state index is -0.178. The van der Waals surface area contributed by atoms with Gasteiger partial charge in [-0.1, -0.05) is 13.8 Å². The standard InChI is InChI=1S/C16H29N5O2/c1-4-21-12-14(10-18-21)19-16(22)17-11-15(9-13(2)3)20-5-7-23-8-6-20/h10,12-13,15H,4-9,11H2,1-3H3,(H2,17,19,22). The molecule has 23 heavy (non-hydrogen) atoms. The largest absolute Gasteiger partial charge is 0.379 e. The summed E-state index contributed by atoms with van der Waals surface area (Å²) in [4.78, 5) is 14.5. The van der Waals surface area contributed by atoms with Gasteiger partial charge in [0.2, 0.25) is 0 Å². The summed E-state index contributed by atoms with van der Waals surface area (Å²) in [5, 5.41) is 9.97. The van der Waals surface area contributed by atoms with Crippen molar-refractivity contribution >= 4 is 11.7 Å². The van der Waals surface area contributed by atoms with E-state index in [0.717, 1.165) is 45.0 Å². The minimum absolute atomic E-state index is 0.178. The summed E-state index contributed by atoms with van der Waals surface area (Å²) in [6.07, 6.45) is 4.55. The molecule has 1 atom stereocenters. The Kier molecular flexibility index (Phi) is 6.85. The van der Waals surface area contributed by atoms with E-state index >= 15 is 0 Å². The third kappa shape index (κ3) is 5.84. The molecule has 7 heteroatoms. The summed E-state index contributed by atoms with van der Waals surface area (Å²) < 4.78 is 7.20. The second-order valence-corrected chi connectivity index (χ2v) is 6.35. The first kappa shape index (κ1) is 17.7. The lowest BCUT2D eigenvalue weighted by Crippen LogP contribution is -2.49. The molecule has 1 unspecified atom stereocenters. The monoisotopic (exact) mass is 323 g/mol. The number of rotatable bonds is 7. The topological polar surface area (TPSA) is 71.4 Å². The van der Waals surface area contributed by atoms with Gasteiger partial charge < -0.3 is 15.4 Å². The van der Waals surface area contributed by atoms with E-state index in [4.69, 9.17) is 4.74 Å². The SMILES string of the molecule is CCn1cc(NC(=O)NCC(CC(C)C)N2CCOCC2)cn1. The van der Waals surface area contributed by atoms with Crippen LogP contribution in [-0.4, -0.2) is 59.6 Å². The number of urea groups is 1. The lowest BCUT2D eigenvalue weighted by atomic mass is 10.0. The third-order valence-corrected chi connectivity index (χ3v) is 4.02. The zero-order valence-electron chi connectivity index (χ0n) is 14.4. The van der Waals surface area contributed by atoms with Crippen LogP contribution in [0.1, 0.15) is 27.2 Å². The molecule has 0 spiro atoms. The van der Waals surface area contributed by atoms with Gasteiger partial charge in [0, 0.05) is 38.4 Å². The van der Waals surface area contributed by atoms with Crippen LogP contribution >= 0.6 is 0 Å². The molecule has 1 aliphatic rings. The highest BCUT2D eigenvalue weighted by Gasteiger charge is 2.22. The van der Waals surface area contributed by atoms with Crippen LogP contribution in [0, 0.1) is 5.92 Å². The smallest absolute Gasteiger partial charge is 0.319 e. The van der Waals surface area contributed by atoms with Gasteiger partial charge in [-0.05, 0) is 19.3 Å². The van der Waals surface area contributed by atoms with Crippen LogP contribution in [0.25, 0.3) is 0 Å². The Balaban J connectivity index is 1.82. The number of hydrogen-bond donors (Lipinski definition) is 2. The van der Waals surface area contributed by atoms with Crippen molar-refractivity contribution in [1.82, 2.24) is 20.0 Å². The predicted octanol–water partition coefficient (Wildman–Crippen LogP) is 1.77. The van der Waals surface area contributed by atoms with Crippen molar-refractivity contribution < 1.29 is 9.53 Å². The Labute approximate surface area is 138 Å². The van der Waals surface area contributed by atoms with Crippen LogP contribution < -0.4 is 10.6 Å². The van der Waals surface area contributed by atoms with E-state index in [9.17, 15) is 4.79 Å². The summed E-state index contributed by atoms with van der Waals surface area (Å²) in [7, 11) is 0. The molecule has 2 rings (SSSR count). The van der Waals surface area contributed by atoms with Gasteiger partial charge in [0.25, 0.3) is 0 Å². The van der Waals surface area contributed by atoms with Crippen molar-refractivity contribution in [3.63, 3.8) is 0 Å². The number of anilines is 1. The highest BCUT2D eigenvalue weighted by molar-refractivity contribution is 5.88. The average molecular weight is 323 g/mol. The van der Waals surface area contributed by atoms with Crippen LogP contribution in [0.4, 0.5) is 10.5 Å². The lowest BCUT2D eigenvalue weighted by Gasteiger charge is -2.35. The highest BCUT2D eigenvalue weighted by Crippen LogP contribution is 2.13. The normalized spacial score (nSPS) is 17.2. The van der Waals surface area contributed by atoms with Gasteiger partial charge in [0.05, 0.1) is 25.1 Å². The maximum absolute atomic E-state index is 12.1. The molecule has 2 amide bonds. The second kappa shape index (κ2) is 8.88. The van der Waals surface area contributed by atoms with Crippen molar-refractivity contribution in [3.05, 3.63) is 12.4 Å². The Morgan fingerprint density at radius 3 is 2.74 bits per heavy atom. The molecular weight excluding hydrogens is 294 g/mol. The van der Waals surface area contributed by atoms with Gasteiger partial charge in [0.1, 0.15) is 0 Å². The first-order valence-corrected chi connectivity index (χ1v) is 8.47. The fourth-order valence-electron chi connectivity index (χ4n) is 2.84. The summed E-state index contributed by atoms with van der Waals surface area (Å²) in [5.41, 5.74) is 0.719. The molecule has 2 N–H and O–H groups in total. The van der Waals surface area contributed by atoms with E-state index < -0.39 is 0 Å². The number of ether oxygens (including phenoxy) is 1. The van der Waals surface area contributed by atoms with Crippen LogP contribution in [0.15, 0.2) is 12.4 Å². The summed E-state index contributed by atoms with van der Waals surface area (Å²) in [5.74, 6) is 0.593. The number of hydrogen-bond acceptors (Lipinski definition) is 4. The van der Waals surface area contributed by atoms with E-state index in [2.05, 4.69) is 34.5 Å². The van der Waals surface area contributed by atoms with Gasteiger partial charge in [0.15, 0.2) is 0 Å². The molecule has 0 saturated carbocycles. The van der Waals surface area contributed by atoms with Crippen molar-refractivity contribution in [1.29, 1.82) is 0 Å². The molecule has 1 aromatic rings. The van der Waals surface area contributed by atoms with E-state index in [0.29, 0.717) is 18.5 Å². The Bertz CT molecular complexity index is 483. The van der Waals surface area contributed by atoms with Gasteiger partial charge >= 0.3 is 6.03 Å². The van der Waals surface area contributed by atoms with Crippen molar-refractivity contribution in [2.75, 3.05) is 38.2 Å². The van der Waals surface area contributed by atoms with Gasteiger partial charge in [-0.25, -0.2) is 4.79 Å². The average Bonchev–Trinajstić information content (AvgIpc) is 2.99. The zero-order chi connectivity index (χ0) is 16.7. The molecule has 0 aliphatic carbocycles. The third-order valence-electron chi connectivity index (χ3n) is 4.02. The maximum atomic E-state index is 12.1. The molecule has 1 aliphatic heterocycles. The molecule has 7 nitrogen and oxygen atoms in total. The number of carbonyl (C=O) groups excluding carboxylic acids is 1. The van der Waals surface area contributed by atoms with Crippen LogP contribution in [0.3, 0.4) is 0 Å². The van der Waals surface area contributed by atoms with Gasteiger partial charge in [-0.2, -0.15) is 5.10 Å². The number of carbonyl (C=O) groups is 1. The molecule has 1 fully saturated rings. The molecular formula is C16H29N5O2. The second-order valence-electron chi connectivity index (χ2n) is 6.35. The Hall–Kier alpha value is -1.60. The summed E-state index contributed by atoms with van der Waals surface area (Å²) in [6.45, 7) is 11.3. The maximum Gasteiger partial charge on any atom is 0.319 e. The van der Waals surface area contributed by atoms with Crippen LogP contribution in [0.2, 0.25) is 0 Å². The first-order valence-electron chi connectivity index (χ1n) is 8.47. The molecule has 2 heterocycles. The number of aryl methyl sites for hydroxylation is 1. The van der Waals surface area contributed by atoms with E-state index in [1.165, 1.54) is 0 Å². The van der Waals surface area contributed by atoms with Crippen molar-refractivity contribution in [3.8, 4) is 0 Å². The fourth-order valence-corrected chi connectivity index (χ4v) is 2.84. The summed E-state index contributed by atoms with van der Waals surface area (Å²) >= 11 is 0. The van der Waals surface area contributed by atoms with E-state index in [1.807, 2.05) is 13.1 Å². The number of nitrogens with one attached hydrogen (secondary N) is 2. The van der Waals surface area contributed by atoms with Gasteiger partial charge in [-0.3, -0.25) is 9.58 Å². The minimum Gasteiger partial charge on any atom is -0.379 e. The molecule has 1 aromatic heterocycles. The van der Waals surface area contributed by atoms with Crippen molar-refractivity contribution in [2.24, 2.45) is 5.92 Å². The Morgan fingerprint density at radius 1 is 1.39 bits per heavy atom. The predicted molar refractivity (Wildman–Crippen MR) is 90.6 cm³/mol. The first-order chi connectivity index (χ1) is 11.1. The number of nitrogens with zero attached hydrogens (tertiary/aromatic N) is 3. The van der Waals surface area contributed by atoms with Crippen LogP contribution in [0.5, 0.6) is 0 Å². The Morgan fingerprint density at radius 2 is 2.13 bits per heavy atom. The number of aromatic nitrogens is 2. The lowest BCUT2D eigenvalue weighted by molar-refractivity contribution is 0.0130. The summed E-state index contributed by atoms with van der Waals surface area (Å²) in [6, 6.07) is 0.172. The molecule has 0 aromatic carbocycles. The fraction of sp³-hybridized carbons (Fsp3) is 0.750. The van der Waals surface area contributed by atoms with E-state index in [1.54, 1.807) is 10.9 Å². The molecule has 0 radical (unpaired) electrons. The quantitative estimate of drug-likeness (QED) is 0.802. The zero-order valence-corrected chi connectivity index (χ0v) is 14.4. The number of amides is 2. The highest BCUT2D eigenvalue weighted by atomic mass is 16.5. The molecule has 130 valence electrons. The van der Waals surface area contributed by atoms with Gasteiger partial charge in [-0.15, -0.1) is 0 Å². The van der Waals surface area contributed by atoms with Crippen LogP contribution in [-0.2, 0) is 11.3 Å². The van der Waals surface area contributed by atoms with Crippen molar-refractivity contribution in [2.45, 2.75) is 39.8 Å². The van der Waals surface area contributed by atoms with E-state index in [-0.39, 0.29) is 6.03 Å². The molecule has 0 bridgehead atoms.